The molecule has 0 saturated carbocycles. The van der Waals surface area contributed by atoms with Gasteiger partial charge in [0.25, 0.3) is 5.91 Å². The first kappa shape index (κ1) is 14.7. The van der Waals surface area contributed by atoms with Crippen molar-refractivity contribution in [3.05, 3.63) is 69.6 Å². The predicted molar refractivity (Wildman–Crippen MR) is 87.6 cm³/mol. The largest absolute Gasteiger partial charge is 0.332 e. The molecule has 24 heavy (non-hydrogen) atoms. The molecular formula is C18H17N3O3. The maximum Gasteiger partial charge on any atom is 0.255 e. The SMILES string of the molecule is O=C(c1ccc(=O)[nH]c1)N1CC(=O)N2CCc3ccccc3C2C1. The van der Waals surface area contributed by atoms with Crippen molar-refractivity contribution in [2.75, 3.05) is 19.6 Å². The topological polar surface area (TPSA) is 73.5 Å². The van der Waals surface area contributed by atoms with E-state index in [-0.39, 0.29) is 30.0 Å². The smallest absolute Gasteiger partial charge is 0.255 e. The van der Waals surface area contributed by atoms with E-state index in [0.29, 0.717) is 18.7 Å². The number of rotatable bonds is 1. The molecule has 6 heteroatoms. The Morgan fingerprint density at radius 1 is 1.12 bits per heavy atom. The minimum atomic E-state index is -0.256. The third-order valence-electron chi connectivity index (χ3n) is 4.77. The molecule has 1 atom stereocenters. The Morgan fingerprint density at radius 3 is 2.75 bits per heavy atom. The number of carbonyl (C=O) groups is 2. The second kappa shape index (κ2) is 5.63. The number of aromatic nitrogens is 1. The van der Waals surface area contributed by atoms with E-state index in [2.05, 4.69) is 11.1 Å². The van der Waals surface area contributed by atoms with Crippen LogP contribution in [0.1, 0.15) is 27.5 Å². The van der Waals surface area contributed by atoms with Crippen LogP contribution in [0, 0.1) is 0 Å². The monoisotopic (exact) mass is 323 g/mol. The zero-order valence-electron chi connectivity index (χ0n) is 13.1. The summed E-state index contributed by atoms with van der Waals surface area (Å²) in [6.45, 7) is 1.25. The average molecular weight is 323 g/mol. The number of nitrogens with zero attached hydrogens (tertiary/aromatic N) is 2. The molecule has 1 N–H and O–H groups in total. The number of amides is 2. The number of piperazine rings is 1. The van der Waals surface area contributed by atoms with Crippen molar-refractivity contribution in [1.82, 2.24) is 14.8 Å². The number of pyridine rings is 1. The van der Waals surface area contributed by atoms with E-state index in [1.165, 1.54) is 23.9 Å². The van der Waals surface area contributed by atoms with Crippen molar-refractivity contribution in [3.63, 3.8) is 0 Å². The van der Waals surface area contributed by atoms with Crippen LogP contribution in [-0.2, 0) is 11.2 Å². The average Bonchev–Trinajstić information content (AvgIpc) is 2.61. The first-order chi connectivity index (χ1) is 11.6. The Labute approximate surface area is 138 Å². The molecule has 0 radical (unpaired) electrons. The summed E-state index contributed by atoms with van der Waals surface area (Å²) in [6.07, 6.45) is 2.25. The van der Waals surface area contributed by atoms with E-state index in [9.17, 15) is 14.4 Å². The number of nitrogens with one attached hydrogen (secondary N) is 1. The van der Waals surface area contributed by atoms with Gasteiger partial charge in [0.15, 0.2) is 0 Å². The first-order valence-corrected chi connectivity index (χ1v) is 7.99. The molecule has 122 valence electrons. The fraction of sp³-hybridized carbons (Fsp3) is 0.278. The van der Waals surface area contributed by atoms with Gasteiger partial charge in [0, 0.05) is 25.4 Å². The van der Waals surface area contributed by atoms with Crippen molar-refractivity contribution in [3.8, 4) is 0 Å². The van der Waals surface area contributed by atoms with Crippen LogP contribution in [0.15, 0.2) is 47.4 Å². The van der Waals surface area contributed by atoms with Gasteiger partial charge in [-0.25, -0.2) is 0 Å². The first-order valence-electron chi connectivity index (χ1n) is 7.99. The third kappa shape index (κ3) is 2.40. The lowest BCUT2D eigenvalue weighted by molar-refractivity contribution is -0.139. The van der Waals surface area contributed by atoms with Gasteiger partial charge < -0.3 is 14.8 Å². The summed E-state index contributed by atoms with van der Waals surface area (Å²) in [6, 6.07) is 10.8. The molecule has 2 aliphatic rings. The Balaban J connectivity index is 1.64. The third-order valence-corrected chi connectivity index (χ3v) is 4.77. The highest BCUT2D eigenvalue weighted by molar-refractivity contribution is 5.97. The predicted octanol–water partition coefficient (Wildman–Crippen LogP) is 0.957. The van der Waals surface area contributed by atoms with E-state index in [4.69, 9.17) is 0 Å². The van der Waals surface area contributed by atoms with Gasteiger partial charge in [-0.3, -0.25) is 14.4 Å². The molecular weight excluding hydrogens is 306 g/mol. The lowest BCUT2D eigenvalue weighted by Gasteiger charge is -2.44. The summed E-state index contributed by atoms with van der Waals surface area (Å²) < 4.78 is 0. The van der Waals surface area contributed by atoms with Crippen LogP contribution in [0.3, 0.4) is 0 Å². The summed E-state index contributed by atoms with van der Waals surface area (Å²) in [4.78, 5) is 42.3. The molecule has 1 saturated heterocycles. The number of hydrogen-bond donors (Lipinski definition) is 1. The quantitative estimate of drug-likeness (QED) is 0.849. The normalized spacial score (nSPS) is 19.7. The molecule has 2 aromatic rings. The molecule has 0 bridgehead atoms. The van der Waals surface area contributed by atoms with Gasteiger partial charge in [-0.1, -0.05) is 24.3 Å². The van der Waals surface area contributed by atoms with Crippen molar-refractivity contribution < 1.29 is 9.59 Å². The molecule has 0 aliphatic carbocycles. The van der Waals surface area contributed by atoms with E-state index in [1.807, 2.05) is 23.1 Å². The zero-order valence-corrected chi connectivity index (χ0v) is 13.1. The molecule has 4 rings (SSSR count). The maximum atomic E-state index is 12.7. The molecule has 2 aliphatic heterocycles. The zero-order chi connectivity index (χ0) is 16.7. The van der Waals surface area contributed by atoms with E-state index >= 15 is 0 Å². The van der Waals surface area contributed by atoms with Crippen LogP contribution in [0.25, 0.3) is 0 Å². The van der Waals surface area contributed by atoms with Crippen molar-refractivity contribution in [2.45, 2.75) is 12.5 Å². The van der Waals surface area contributed by atoms with Crippen LogP contribution in [-0.4, -0.2) is 46.2 Å². The molecule has 1 aromatic heterocycles. The maximum absolute atomic E-state index is 12.7. The van der Waals surface area contributed by atoms with Crippen molar-refractivity contribution >= 4 is 11.8 Å². The van der Waals surface area contributed by atoms with Gasteiger partial charge in [0.1, 0.15) is 6.54 Å². The second-order valence-corrected chi connectivity index (χ2v) is 6.18. The van der Waals surface area contributed by atoms with Crippen LogP contribution in [0.5, 0.6) is 0 Å². The van der Waals surface area contributed by atoms with Gasteiger partial charge in [-0.05, 0) is 23.6 Å². The summed E-state index contributed by atoms with van der Waals surface area (Å²) in [7, 11) is 0. The van der Waals surface area contributed by atoms with Gasteiger partial charge in [-0.15, -0.1) is 0 Å². The van der Waals surface area contributed by atoms with Crippen molar-refractivity contribution in [2.24, 2.45) is 0 Å². The molecule has 3 heterocycles. The van der Waals surface area contributed by atoms with Gasteiger partial charge >= 0.3 is 0 Å². The molecule has 1 aromatic carbocycles. The highest BCUT2D eigenvalue weighted by Gasteiger charge is 2.38. The standard InChI is InChI=1S/C18H17N3O3/c22-16-6-5-13(9-19-16)18(24)20-10-15-14-4-2-1-3-12(14)7-8-21(15)17(23)11-20/h1-6,9,15H,7-8,10-11H2,(H,19,22). The Morgan fingerprint density at radius 2 is 1.96 bits per heavy atom. The minimum Gasteiger partial charge on any atom is -0.332 e. The molecule has 2 amide bonds. The Hall–Kier alpha value is -2.89. The highest BCUT2D eigenvalue weighted by atomic mass is 16.2. The van der Waals surface area contributed by atoms with Gasteiger partial charge in [0.05, 0.1) is 11.6 Å². The Kier molecular flexibility index (Phi) is 3.45. The number of hydrogen-bond acceptors (Lipinski definition) is 3. The number of aromatic amines is 1. The second-order valence-electron chi connectivity index (χ2n) is 6.18. The lowest BCUT2D eigenvalue weighted by Crippen LogP contribution is -2.55. The van der Waals surface area contributed by atoms with Gasteiger partial charge in [0.2, 0.25) is 11.5 Å². The number of fused-ring (bicyclic) bond motifs is 3. The minimum absolute atomic E-state index is 0.0291. The fourth-order valence-corrected chi connectivity index (χ4v) is 3.56. The van der Waals surface area contributed by atoms with Crippen LogP contribution >= 0.6 is 0 Å². The van der Waals surface area contributed by atoms with E-state index in [0.717, 1.165) is 12.0 Å². The highest BCUT2D eigenvalue weighted by Crippen LogP contribution is 2.33. The summed E-state index contributed by atoms with van der Waals surface area (Å²) >= 11 is 0. The Bertz CT molecular complexity index is 853. The summed E-state index contributed by atoms with van der Waals surface area (Å²) in [5.41, 5.74) is 2.49. The molecule has 0 spiro atoms. The van der Waals surface area contributed by atoms with Crippen molar-refractivity contribution in [1.29, 1.82) is 0 Å². The molecule has 6 nitrogen and oxygen atoms in total. The van der Waals surface area contributed by atoms with E-state index in [1.54, 1.807) is 4.90 Å². The van der Waals surface area contributed by atoms with Crippen LogP contribution in [0.2, 0.25) is 0 Å². The number of H-pyrrole nitrogens is 1. The number of benzene rings is 1. The van der Waals surface area contributed by atoms with Gasteiger partial charge in [-0.2, -0.15) is 0 Å². The molecule has 1 unspecified atom stereocenters. The summed E-state index contributed by atoms with van der Waals surface area (Å²) in [5.74, 6) is -0.263. The fourth-order valence-electron chi connectivity index (χ4n) is 3.56. The van der Waals surface area contributed by atoms with Crippen LogP contribution < -0.4 is 5.56 Å². The van der Waals surface area contributed by atoms with Crippen LogP contribution in [0.4, 0.5) is 0 Å². The summed E-state index contributed by atoms with van der Waals surface area (Å²) in [5, 5.41) is 0. The lowest BCUT2D eigenvalue weighted by atomic mass is 9.90. The molecule has 1 fully saturated rings. The number of carbonyl (C=O) groups excluding carboxylic acids is 2. The van der Waals surface area contributed by atoms with E-state index < -0.39 is 0 Å².